The van der Waals surface area contributed by atoms with Crippen molar-refractivity contribution in [3.05, 3.63) is 54.1 Å². The van der Waals surface area contributed by atoms with Crippen molar-refractivity contribution in [2.24, 2.45) is 0 Å². The molecule has 0 aromatic heterocycles. The number of ether oxygens (including phenoxy) is 1. The van der Waals surface area contributed by atoms with Gasteiger partial charge in [0.1, 0.15) is 5.75 Å². The number of sulfonamides is 1. The summed E-state index contributed by atoms with van der Waals surface area (Å²) in [7, 11) is -1.66. The van der Waals surface area contributed by atoms with Crippen molar-refractivity contribution in [3.63, 3.8) is 0 Å². The van der Waals surface area contributed by atoms with Crippen LogP contribution in [0.4, 0.5) is 11.4 Å². The van der Waals surface area contributed by atoms with Crippen LogP contribution in [0.3, 0.4) is 0 Å². The Kier molecular flexibility index (Phi) is 5.86. The van der Waals surface area contributed by atoms with Gasteiger partial charge < -0.3 is 9.64 Å². The van der Waals surface area contributed by atoms with E-state index in [-0.39, 0.29) is 11.3 Å². The summed E-state index contributed by atoms with van der Waals surface area (Å²) >= 11 is 0. The maximum absolute atomic E-state index is 12.5. The van der Waals surface area contributed by atoms with Crippen LogP contribution in [0.25, 0.3) is 21.9 Å². The van der Waals surface area contributed by atoms with E-state index in [1.54, 1.807) is 13.2 Å². The number of amides is 1. The Labute approximate surface area is 195 Å². The summed E-state index contributed by atoms with van der Waals surface area (Å²) in [6, 6.07) is 15.6. The molecule has 1 aliphatic rings. The monoisotopic (exact) mass is 466 g/mol. The molecule has 0 unspecified atom stereocenters. The molecule has 1 aliphatic heterocycles. The van der Waals surface area contributed by atoms with Crippen molar-refractivity contribution < 1.29 is 17.9 Å². The van der Waals surface area contributed by atoms with Crippen molar-refractivity contribution in [1.82, 2.24) is 0 Å². The largest absolute Gasteiger partial charge is 0.496 e. The first-order chi connectivity index (χ1) is 15.5. The second-order valence-corrected chi connectivity index (χ2v) is 11.4. The summed E-state index contributed by atoms with van der Waals surface area (Å²) < 4.78 is 31.6. The second-order valence-electron chi connectivity index (χ2n) is 9.62. The number of carbonyl (C=O) groups is 1. The summed E-state index contributed by atoms with van der Waals surface area (Å²) in [5, 5.41) is 1.90. The van der Waals surface area contributed by atoms with Crippen molar-refractivity contribution >= 4 is 38.1 Å². The van der Waals surface area contributed by atoms with Gasteiger partial charge in [-0.2, -0.15) is 0 Å². The molecule has 4 rings (SSSR count). The lowest BCUT2D eigenvalue weighted by Crippen LogP contribution is -2.25. The first-order valence-corrected chi connectivity index (χ1v) is 12.9. The van der Waals surface area contributed by atoms with Crippen LogP contribution < -0.4 is 14.4 Å². The summed E-state index contributed by atoms with van der Waals surface area (Å²) in [4.78, 5) is 14.4. The Balaban J connectivity index is 1.87. The summed E-state index contributed by atoms with van der Waals surface area (Å²) in [5.41, 5.74) is 4.19. The maximum Gasteiger partial charge on any atom is 0.229 e. The van der Waals surface area contributed by atoms with Gasteiger partial charge in [0.2, 0.25) is 15.9 Å². The fraction of sp³-hybridized carbons (Fsp3) is 0.346. The van der Waals surface area contributed by atoms with Gasteiger partial charge in [0.25, 0.3) is 0 Å². The third-order valence-corrected chi connectivity index (χ3v) is 6.53. The molecule has 1 amide bonds. The molecule has 174 valence electrons. The van der Waals surface area contributed by atoms with Crippen LogP contribution in [0.2, 0.25) is 0 Å². The van der Waals surface area contributed by atoms with E-state index in [0.29, 0.717) is 12.1 Å². The molecule has 0 spiro atoms. The number of anilines is 2. The van der Waals surface area contributed by atoms with Crippen LogP contribution in [0.5, 0.6) is 5.75 Å². The van der Waals surface area contributed by atoms with Crippen LogP contribution in [-0.4, -0.2) is 34.2 Å². The molecule has 1 N–H and O–H groups in total. The summed E-state index contributed by atoms with van der Waals surface area (Å²) in [5.74, 6) is 0.947. The molecule has 0 radical (unpaired) electrons. The normalized spacial score (nSPS) is 14.7. The Morgan fingerprint density at radius 2 is 1.70 bits per heavy atom. The highest BCUT2D eigenvalue weighted by molar-refractivity contribution is 7.92. The molecular formula is C26H30N2O4S. The number of benzene rings is 3. The van der Waals surface area contributed by atoms with Gasteiger partial charge in [0.05, 0.1) is 13.4 Å². The number of hydrogen-bond donors (Lipinski definition) is 1. The summed E-state index contributed by atoms with van der Waals surface area (Å²) in [6.45, 7) is 7.14. The van der Waals surface area contributed by atoms with E-state index in [1.807, 2.05) is 35.2 Å². The smallest absolute Gasteiger partial charge is 0.229 e. The zero-order valence-corrected chi connectivity index (χ0v) is 20.5. The zero-order chi connectivity index (χ0) is 24.0. The molecule has 3 aromatic rings. The number of nitrogens with zero attached hydrogens (tertiary/aromatic N) is 1. The fourth-order valence-electron chi connectivity index (χ4n) is 4.37. The second kappa shape index (κ2) is 8.37. The highest BCUT2D eigenvalue weighted by atomic mass is 32.2. The number of fused-ring (bicyclic) bond motifs is 1. The topological polar surface area (TPSA) is 75.7 Å². The van der Waals surface area contributed by atoms with E-state index in [2.05, 4.69) is 37.6 Å². The standard InChI is InChI=1S/C26H30N2O4S/c1-26(2,3)23-16-21(28-12-6-7-24(28)29)15-22(25(23)32-4)19-9-8-18-14-20(27-33(5,30)31)11-10-17(18)13-19/h8-11,13-16,27H,6-7,12H2,1-5H3. The van der Waals surface area contributed by atoms with Crippen molar-refractivity contribution in [3.8, 4) is 16.9 Å². The van der Waals surface area contributed by atoms with Gasteiger partial charge in [-0.05, 0) is 58.5 Å². The van der Waals surface area contributed by atoms with E-state index in [9.17, 15) is 13.2 Å². The van der Waals surface area contributed by atoms with E-state index < -0.39 is 10.0 Å². The molecule has 1 saturated heterocycles. The minimum absolute atomic E-state index is 0.149. The van der Waals surface area contributed by atoms with Gasteiger partial charge in [-0.3, -0.25) is 9.52 Å². The van der Waals surface area contributed by atoms with Crippen molar-refractivity contribution in [2.45, 2.75) is 39.0 Å². The van der Waals surface area contributed by atoms with Crippen LogP contribution >= 0.6 is 0 Å². The van der Waals surface area contributed by atoms with Gasteiger partial charge >= 0.3 is 0 Å². The molecular weight excluding hydrogens is 436 g/mol. The minimum atomic E-state index is -3.34. The van der Waals surface area contributed by atoms with Gasteiger partial charge in [-0.15, -0.1) is 0 Å². The molecule has 0 aliphatic carbocycles. The van der Waals surface area contributed by atoms with Crippen LogP contribution in [0.15, 0.2) is 48.5 Å². The number of carbonyl (C=O) groups excluding carboxylic acids is 1. The van der Waals surface area contributed by atoms with Crippen LogP contribution in [0, 0.1) is 0 Å². The predicted octanol–water partition coefficient (Wildman–Crippen LogP) is 5.31. The van der Waals surface area contributed by atoms with Gasteiger partial charge in [0, 0.05) is 35.5 Å². The molecule has 1 fully saturated rings. The average molecular weight is 467 g/mol. The maximum atomic E-state index is 12.5. The first-order valence-electron chi connectivity index (χ1n) is 11.0. The van der Waals surface area contributed by atoms with E-state index >= 15 is 0 Å². The highest BCUT2D eigenvalue weighted by Crippen LogP contribution is 2.43. The highest BCUT2D eigenvalue weighted by Gasteiger charge is 2.28. The first kappa shape index (κ1) is 23.1. The quantitative estimate of drug-likeness (QED) is 0.553. The number of hydrogen-bond acceptors (Lipinski definition) is 4. The molecule has 0 bridgehead atoms. The lowest BCUT2D eigenvalue weighted by atomic mass is 9.83. The zero-order valence-electron chi connectivity index (χ0n) is 19.7. The summed E-state index contributed by atoms with van der Waals surface area (Å²) in [6.07, 6.45) is 2.58. The van der Waals surface area contributed by atoms with E-state index in [1.165, 1.54) is 0 Å². The fourth-order valence-corrected chi connectivity index (χ4v) is 4.93. The molecule has 33 heavy (non-hydrogen) atoms. The van der Waals surface area contributed by atoms with Crippen LogP contribution in [0.1, 0.15) is 39.2 Å². The Morgan fingerprint density at radius 3 is 2.30 bits per heavy atom. The Hall–Kier alpha value is -3.06. The van der Waals surface area contributed by atoms with E-state index in [4.69, 9.17) is 4.74 Å². The van der Waals surface area contributed by atoms with Gasteiger partial charge in [-0.1, -0.05) is 39.0 Å². The number of nitrogens with one attached hydrogen (secondary N) is 1. The molecule has 0 atom stereocenters. The molecule has 0 saturated carbocycles. The van der Waals surface area contributed by atoms with Gasteiger partial charge in [-0.25, -0.2) is 8.42 Å². The lowest BCUT2D eigenvalue weighted by Gasteiger charge is -2.27. The average Bonchev–Trinajstić information content (AvgIpc) is 3.16. The van der Waals surface area contributed by atoms with Crippen molar-refractivity contribution in [2.75, 3.05) is 29.5 Å². The van der Waals surface area contributed by atoms with Gasteiger partial charge in [0.15, 0.2) is 0 Å². The Bertz CT molecular complexity index is 1340. The number of rotatable bonds is 5. The molecule has 7 heteroatoms. The van der Waals surface area contributed by atoms with Crippen molar-refractivity contribution in [1.29, 1.82) is 0 Å². The van der Waals surface area contributed by atoms with E-state index in [0.717, 1.165) is 58.1 Å². The Morgan fingerprint density at radius 1 is 1.00 bits per heavy atom. The predicted molar refractivity (Wildman–Crippen MR) is 135 cm³/mol. The molecule has 6 nitrogen and oxygen atoms in total. The number of methoxy groups -OCH3 is 1. The third-order valence-electron chi connectivity index (χ3n) is 5.93. The molecule has 3 aromatic carbocycles. The van der Waals surface area contributed by atoms with Crippen LogP contribution in [-0.2, 0) is 20.2 Å². The molecule has 1 heterocycles. The lowest BCUT2D eigenvalue weighted by molar-refractivity contribution is -0.117. The SMILES string of the molecule is COc1c(-c2ccc3cc(NS(C)(=O)=O)ccc3c2)cc(N2CCCC2=O)cc1C(C)(C)C. The third kappa shape index (κ3) is 4.83. The minimum Gasteiger partial charge on any atom is -0.496 e.